The summed E-state index contributed by atoms with van der Waals surface area (Å²) in [7, 11) is 0. The number of nitrogens with one attached hydrogen (secondary N) is 2. The maximum atomic E-state index is 12.6. The summed E-state index contributed by atoms with van der Waals surface area (Å²) < 4.78 is 0. The van der Waals surface area contributed by atoms with Crippen molar-refractivity contribution < 1.29 is 4.79 Å². The molecule has 1 aromatic carbocycles. The van der Waals surface area contributed by atoms with Crippen LogP contribution in [0.5, 0.6) is 0 Å². The third-order valence-electron chi connectivity index (χ3n) is 5.18. The lowest BCUT2D eigenvalue weighted by atomic mass is 9.97. The lowest BCUT2D eigenvalue weighted by Crippen LogP contribution is -2.56. The molecule has 0 spiro atoms. The van der Waals surface area contributed by atoms with Crippen LogP contribution >= 0.6 is 24.8 Å². The molecule has 0 radical (unpaired) electrons. The molecule has 3 rings (SSSR count). The van der Waals surface area contributed by atoms with Crippen molar-refractivity contribution in [3.8, 4) is 0 Å². The fourth-order valence-electron chi connectivity index (χ4n) is 3.56. The molecular weight excluding hydrogens is 345 g/mol. The summed E-state index contributed by atoms with van der Waals surface area (Å²) in [5.41, 5.74) is 2.79. The van der Waals surface area contributed by atoms with E-state index in [4.69, 9.17) is 0 Å². The third kappa shape index (κ3) is 4.85. The van der Waals surface area contributed by atoms with Crippen molar-refractivity contribution in [2.24, 2.45) is 0 Å². The van der Waals surface area contributed by atoms with Crippen LogP contribution in [0.25, 0.3) is 0 Å². The standard InChI is InChI=1S/C18H27N3O.2ClH/c1-13-17(8-5-10-19-13)20-18(22)14(2)21-11-9-15-6-3-4-7-16(15)12-21;;/h3-4,6-7,13-14,17,19H,5,8-12H2,1-2H3,(H,20,22);2*1H. The Morgan fingerprint density at radius 3 is 2.71 bits per heavy atom. The van der Waals surface area contributed by atoms with Crippen LogP contribution in [0.15, 0.2) is 24.3 Å². The highest BCUT2D eigenvalue weighted by Crippen LogP contribution is 2.20. The fraction of sp³-hybridized carbons (Fsp3) is 0.611. The monoisotopic (exact) mass is 373 g/mol. The van der Waals surface area contributed by atoms with E-state index in [1.54, 1.807) is 0 Å². The molecule has 0 saturated carbocycles. The Kier molecular flexibility index (Phi) is 8.51. The first kappa shape index (κ1) is 21.2. The van der Waals surface area contributed by atoms with Crippen molar-refractivity contribution >= 4 is 30.7 Å². The lowest BCUT2D eigenvalue weighted by Gasteiger charge is -2.36. The van der Waals surface area contributed by atoms with Gasteiger partial charge < -0.3 is 10.6 Å². The quantitative estimate of drug-likeness (QED) is 0.855. The number of carbonyl (C=O) groups excluding carboxylic acids is 1. The predicted octanol–water partition coefficient (Wildman–Crippen LogP) is 2.53. The van der Waals surface area contributed by atoms with Gasteiger partial charge in [-0.1, -0.05) is 24.3 Å². The van der Waals surface area contributed by atoms with Gasteiger partial charge in [0.2, 0.25) is 5.91 Å². The highest BCUT2D eigenvalue weighted by molar-refractivity contribution is 5.85. The lowest BCUT2D eigenvalue weighted by molar-refractivity contribution is -0.127. The highest BCUT2D eigenvalue weighted by Gasteiger charge is 2.28. The number of amides is 1. The first-order valence-electron chi connectivity index (χ1n) is 8.50. The second-order valence-electron chi connectivity index (χ2n) is 6.67. The van der Waals surface area contributed by atoms with Crippen LogP contribution in [0, 0.1) is 0 Å². The normalized spacial score (nSPS) is 24.8. The predicted molar refractivity (Wildman–Crippen MR) is 103 cm³/mol. The van der Waals surface area contributed by atoms with E-state index >= 15 is 0 Å². The minimum Gasteiger partial charge on any atom is -0.350 e. The van der Waals surface area contributed by atoms with Gasteiger partial charge in [-0.05, 0) is 50.8 Å². The number of hydrogen-bond donors (Lipinski definition) is 2. The molecule has 3 atom stereocenters. The summed E-state index contributed by atoms with van der Waals surface area (Å²) in [5.74, 6) is 0.167. The molecule has 0 aromatic heterocycles. The van der Waals surface area contributed by atoms with E-state index in [1.807, 2.05) is 6.92 Å². The Labute approximate surface area is 157 Å². The number of carbonyl (C=O) groups is 1. The van der Waals surface area contributed by atoms with Gasteiger partial charge in [0.25, 0.3) is 0 Å². The second-order valence-corrected chi connectivity index (χ2v) is 6.67. The zero-order chi connectivity index (χ0) is 15.5. The van der Waals surface area contributed by atoms with E-state index in [1.165, 1.54) is 11.1 Å². The first-order chi connectivity index (χ1) is 10.6. The Bertz CT molecular complexity index is 541. The van der Waals surface area contributed by atoms with E-state index in [0.717, 1.165) is 38.9 Å². The molecule has 136 valence electrons. The molecule has 2 heterocycles. The molecule has 6 heteroatoms. The van der Waals surface area contributed by atoms with Gasteiger partial charge in [-0.15, -0.1) is 24.8 Å². The number of halogens is 2. The van der Waals surface area contributed by atoms with Crippen LogP contribution in [-0.2, 0) is 17.8 Å². The first-order valence-corrected chi connectivity index (χ1v) is 8.50. The van der Waals surface area contributed by atoms with Crippen molar-refractivity contribution in [3.05, 3.63) is 35.4 Å². The molecule has 2 aliphatic heterocycles. The van der Waals surface area contributed by atoms with Gasteiger partial charge in [0.15, 0.2) is 0 Å². The maximum Gasteiger partial charge on any atom is 0.237 e. The summed E-state index contributed by atoms with van der Waals surface area (Å²) in [6, 6.07) is 9.13. The van der Waals surface area contributed by atoms with Crippen LogP contribution < -0.4 is 10.6 Å². The summed E-state index contributed by atoms with van der Waals surface area (Å²) in [6.07, 6.45) is 3.26. The van der Waals surface area contributed by atoms with E-state index in [0.29, 0.717) is 6.04 Å². The van der Waals surface area contributed by atoms with Crippen LogP contribution in [0.3, 0.4) is 0 Å². The number of rotatable bonds is 3. The van der Waals surface area contributed by atoms with Crippen LogP contribution in [0.4, 0.5) is 0 Å². The molecular formula is C18H29Cl2N3O. The van der Waals surface area contributed by atoms with Gasteiger partial charge in [-0.2, -0.15) is 0 Å². The Morgan fingerprint density at radius 1 is 1.29 bits per heavy atom. The summed E-state index contributed by atoms with van der Waals surface area (Å²) in [5, 5.41) is 6.69. The smallest absolute Gasteiger partial charge is 0.237 e. The average Bonchev–Trinajstić information content (AvgIpc) is 2.55. The molecule has 0 bridgehead atoms. The minimum atomic E-state index is -0.0671. The molecule has 1 saturated heterocycles. The van der Waals surface area contributed by atoms with Gasteiger partial charge in [0.1, 0.15) is 0 Å². The Morgan fingerprint density at radius 2 is 2.00 bits per heavy atom. The van der Waals surface area contributed by atoms with E-state index in [2.05, 4.69) is 46.7 Å². The zero-order valence-electron chi connectivity index (χ0n) is 14.5. The number of nitrogens with zero attached hydrogens (tertiary/aromatic N) is 1. The van der Waals surface area contributed by atoms with Gasteiger partial charge in [0, 0.05) is 25.2 Å². The topological polar surface area (TPSA) is 44.4 Å². The van der Waals surface area contributed by atoms with E-state index in [-0.39, 0.29) is 42.8 Å². The van der Waals surface area contributed by atoms with Gasteiger partial charge in [0.05, 0.1) is 6.04 Å². The van der Waals surface area contributed by atoms with Crippen LogP contribution in [0.1, 0.15) is 37.8 Å². The molecule has 4 nitrogen and oxygen atoms in total. The number of hydrogen-bond acceptors (Lipinski definition) is 3. The van der Waals surface area contributed by atoms with Crippen molar-refractivity contribution in [2.45, 2.75) is 57.8 Å². The largest absolute Gasteiger partial charge is 0.350 e. The molecule has 3 unspecified atom stereocenters. The SMILES string of the molecule is CC1NCCCC1NC(=O)C(C)N1CCc2ccccc2C1.Cl.Cl. The van der Waals surface area contributed by atoms with Gasteiger partial charge in [-0.25, -0.2) is 0 Å². The molecule has 1 amide bonds. The molecule has 2 N–H and O–H groups in total. The molecule has 0 aliphatic carbocycles. The zero-order valence-corrected chi connectivity index (χ0v) is 16.1. The van der Waals surface area contributed by atoms with Crippen LogP contribution in [0.2, 0.25) is 0 Å². The van der Waals surface area contributed by atoms with Crippen molar-refractivity contribution in [3.63, 3.8) is 0 Å². The van der Waals surface area contributed by atoms with Crippen molar-refractivity contribution in [1.29, 1.82) is 0 Å². The molecule has 2 aliphatic rings. The van der Waals surface area contributed by atoms with Crippen molar-refractivity contribution in [1.82, 2.24) is 15.5 Å². The minimum absolute atomic E-state index is 0. The van der Waals surface area contributed by atoms with Gasteiger partial charge >= 0.3 is 0 Å². The summed E-state index contributed by atoms with van der Waals surface area (Å²) in [6.45, 7) is 7.09. The summed E-state index contributed by atoms with van der Waals surface area (Å²) in [4.78, 5) is 14.9. The highest BCUT2D eigenvalue weighted by atomic mass is 35.5. The number of piperidine rings is 1. The number of benzene rings is 1. The van der Waals surface area contributed by atoms with Crippen molar-refractivity contribution in [2.75, 3.05) is 13.1 Å². The molecule has 24 heavy (non-hydrogen) atoms. The van der Waals surface area contributed by atoms with Crippen LogP contribution in [-0.4, -0.2) is 42.0 Å². The second kappa shape index (κ2) is 9.62. The number of fused-ring (bicyclic) bond motifs is 1. The Hall–Kier alpha value is -0.810. The molecule has 1 fully saturated rings. The fourth-order valence-corrected chi connectivity index (χ4v) is 3.56. The van der Waals surface area contributed by atoms with Gasteiger partial charge in [-0.3, -0.25) is 9.69 Å². The summed E-state index contributed by atoms with van der Waals surface area (Å²) >= 11 is 0. The molecule has 1 aromatic rings. The average molecular weight is 374 g/mol. The Balaban J connectivity index is 0.00000144. The van der Waals surface area contributed by atoms with E-state index < -0.39 is 0 Å². The van der Waals surface area contributed by atoms with E-state index in [9.17, 15) is 4.79 Å². The maximum absolute atomic E-state index is 12.6. The third-order valence-corrected chi connectivity index (χ3v) is 5.18.